The van der Waals surface area contributed by atoms with E-state index in [2.05, 4.69) is 57.8 Å². The van der Waals surface area contributed by atoms with Crippen molar-refractivity contribution in [1.82, 2.24) is 15.5 Å². The summed E-state index contributed by atoms with van der Waals surface area (Å²) in [4.78, 5) is 16.8. The first-order valence-electron chi connectivity index (χ1n) is 9.57. The third-order valence-electron chi connectivity index (χ3n) is 5.64. The molecule has 2 N–H and O–H groups in total. The number of nitrogens with one attached hydrogen (secondary N) is 2. The van der Waals surface area contributed by atoms with E-state index in [1.54, 1.807) is 0 Å². The molecule has 3 fully saturated rings. The topological polar surface area (TPSA) is 47.6 Å². The highest BCUT2D eigenvalue weighted by molar-refractivity contribution is 5.74. The maximum Gasteiger partial charge on any atom is 0.315 e. The van der Waals surface area contributed by atoms with Gasteiger partial charge in [-0.3, -0.25) is 4.90 Å². The largest absolute Gasteiger partial charge is 0.374 e. The SMILES string of the molecule is CC(C)NC(=O)NC[C@H]1C[C@H]2CCN1C[C@@H]2CN(C)c1ccccc1. The smallest absolute Gasteiger partial charge is 0.315 e. The summed E-state index contributed by atoms with van der Waals surface area (Å²) in [6.07, 6.45) is 2.50. The minimum absolute atomic E-state index is 0.0435. The van der Waals surface area contributed by atoms with E-state index in [0.717, 1.165) is 31.5 Å². The van der Waals surface area contributed by atoms with E-state index in [-0.39, 0.29) is 12.1 Å². The molecule has 5 nitrogen and oxygen atoms in total. The second-order valence-electron chi connectivity index (χ2n) is 7.92. The van der Waals surface area contributed by atoms with Crippen molar-refractivity contribution in [3.05, 3.63) is 30.3 Å². The zero-order valence-corrected chi connectivity index (χ0v) is 15.7. The summed E-state index contributed by atoms with van der Waals surface area (Å²) < 4.78 is 0. The van der Waals surface area contributed by atoms with Gasteiger partial charge in [0.15, 0.2) is 0 Å². The molecule has 1 unspecified atom stereocenters. The molecule has 0 radical (unpaired) electrons. The number of para-hydroxylation sites is 1. The number of urea groups is 1. The van der Waals surface area contributed by atoms with Crippen LogP contribution in [0.2, 0.25) is 0 Å². The van der Waals surface area contributed by atoms with Crippen LogP contribution in [0.15, 0.2) is 30.3 Å². The van der Waals surface area contributed by atoms with Gasteiger partial charge in [0.05, 0.1) is 0 Å². The first-order chi connectivity index (χ1) is 12.0. The normalized spacial score (nSPS) is 28.0. The van der Waals surface area contributed by atoms with E-state index in [9.17, 15) is 4.79 Å². The number of hydrogen-bond donors (Lipinski definition) is 2. The predicted molar refractivity (Wildman–Crippen MR) is 103 cm³/mol. The molecule has 2 amide bonds. The fourth-order valence-corrected chi connectivity index (χ4v) is 4.33. The van der Waals surface area contributed by atoms with Crippen LogP contribution >= 0.6 is 0 Å². The third kappa shape index (κ3) is 4.66. The zero-order valence-electron chi connectivity index (χ0n) is 15.7. The Morgan fingerprint density at radius 3 is 2.72 bits per heavy atom. The number of carbonyl (C=O) groups excluding carboxylic acids is 1. The fourth-order valence-electron chi connectivity index (χ4n) is 4.33. The molecule has 2 bridgehead atoms. The average molecular weight is 345 g/mol. The lowest BCUT2D eigenvalue weighted by atomic mass is 9.75. The van der Waals surface area contributed by atoms with Crippen LogP contribution in [0.25, 0.3) is 0 Å². The molecule has 1 aromatic rings. The quantitative estimate of drug-likeness (QED) is 0.834. The molecule has 1 aromatic carbocycles. The lowest BCUT2D eigenvalue weighted by Gasteiger charge is -2.50. The van der Waals surface area contributed by atoms with Gasteiger partial charge in [-0.2, -0.15) is 0 Å². The molecule has 0 aromatic heterocycles. The molecule has 0 spiro atoms. The Hall–Kier alpha value is -1.75. The molecule has 138 valence electrons. The Balaban J connectivity index is 1.49. The Morgan fingerprint density at radius 1 is 1.32 bits per heavy atom. The van der Waals surface area contributed by atoms with E-state index in [4.69, 9.17) is 0 Å². The molecule has 3 saturated heterocycles. The lowest BCUT2D eigenvalue weighted by Crippen LogP contribution is -2.59. The van der Waals surface area contributed by atoms with Gasteiger partial charge in [0, 0.05) is 44.5 Å². The maximum atomic E-state index is 11.8. The molecule has 0 saturated carbocycles. The van der Waals surface area contributed by atoms with Crippen molar-refractivity contribution in [2.45, 2.75) is 38.8 Å². The molecule has 25 heavy (non-hydrogen) atoms. The minimum Gasteiger partial charge on any atom is -0.374 e. The van der Waals surface area contributed by atoms with Crippen LogP contribution in [0, 0.1) is 11.8 Å². The average Bonchev–Trinajstić information content (AvgIpc) is 2.61. The number of anilines is 1. The molecule has 5 heteroatoms. The first-order valence-corrected chi connectivity index (χ1v) is 9.57. The first kappa shape index (κ1) is 18.1. The van der Waals surface area contributed by atoms with Crippen molar-refractivity contribution < 1.29 is 4.79 Å². The van der Waals surface area contributed by atoms with Crippen LogP contribution < -0.4 is 15.5 Å². The van der Waals surface area contributed by atoms with Crippen molar-refractivity contribution >= 4 is 11.7 Å². The number of hydrogen-bond acceptors (Lipinski definition) is 3. The monoisotopic (exact) mass is 344 g/mol. The van der Waals surface area contributed by atoms with E-state index in [1.807, 2.05) is 13.8 Å². The van der Waals surface area contributed by atoms with Crippen LogP contribution in [0.4, 0.5) is 10.5 Å². The standard InChI is InChI=1S/C20H32N4O/c1-15(2)22-20(25)21-12-19-11-16-9-10-24(19)14-17(16)13-23(3)18-7-5-4-6-8-18/h4-8,15-17,19H,9-14H2,1-3H3,(H2,21,22,25)/t16-,17+,19-/m1/s1. The molecule has 4 atom stereocenters. The molecule has 3 aliphatic rings. The Morgan fingerprint density at radius 2 is 2.08 bits per heavy atom. The van der Waals surface area contributed by atoms with Gasteiger partial charge in [0.1, 0.15) is 0 Å². The minimum atomic E-state index is -0.0435. The summed E-state index contributed by atoms with van der Waals surface area (Å²) in [6, 6.07) is 11.3. The molecular weight excluding hydrogens is 312 g/mol. The van der Waals surface area contributed by atoms with Gasteiger partial charge >= 0.3 is 6.03 Å². The highest BCUT2D eigenvalue weighted by atomic mass is 16.2. The maximum absolute atomic E-state index is 11.8. The number of benzene rings is 1. The van der Waals surface area contributed by atoms with Crippen molar-refractivity contribution in [2.24, 2.45) is 11.8 Å². The van der Waals surface area contributed by atoms with Gasteiger partial charge in [0.2, 0.25) is 0 Å². The predicted octanol–water partition coefficient (Wildman–Crippen LogP) is 2.54. The van der Waals surface area contributed by atoms with Crippen LogP contribution in [0.3, 0.4) is 0 Å². The third-order valence-corrected chi connectivity index (χ3v) is 5.64. The molecular formula is C20H32N4O. The molecule has 0 aliphatic carbocycles. The number of piperidine rings is 3. The van der Waals surface area contributed by atoms with E-state index in [1.165, 1.54) is 25.1 Å². The van der Waals surface area contributed by atoms with Gasteiger partial charge in [0.25, 0.3) is 0 Å². The van der Waals surface area contributed by atoms with Gasteiger partial charge in [-0.1, -0.05) is 18.2 Å². The Labute approximate surface area is 151 Å². The summed E-state index contributed by atoms with van der Waals surface area (Å²) in [5.74, 6) is 1.50. The molecule has 3 heterocycles. The van der Waals surface area contributed by atoms with E-state index < -0.39 is 0 Å². The molecule has 4 rings (SSSR count). The Kier molecular flexibility index (Phi) is 5.84. The summed E-state index contributed by atoms with van der Waals surface area (Å²) in [5.41, 5.74) is 1.29. The van der Waals surface area contributed by atoms with E-state index >= 15 is 0 Å². The zero-order chi connectivity index (χ0) is 17.8. The van der Waals surface area contributed by atoms with E-state index in [0.29, 0.717) is 6.04 Å². The summed E-state index contributed by atoms with van der Waals surface area (Å²) in [5, 5.41) is 5.95. The van der Waals surface area contributed by atoms with Gasteiger partial charge in [-0.05, 0) is 57.2 Å². The van der Waals surface area contributed by atoms with Crippen molar-refractivity contribution in [3.63, 3.8) is 0 Å². The molecule has 3 aliphatic heterocycles. The van der Waals surface area contributed by atoms with Crippen LogP contribution in [-0.4, -0.2) is 56.2 Å². The number of fused-ring (bicyclic) bond motifs is 3. The number of amides is 2. The highest BCUT2D eigenvalue weighted by Crippen LogP contribution is 2.36. The highest BCUT2D eigenvalue weighted by Gasteiger charge is 2.40. The Bertz CT molecular complexity index is 562. The van der Waals surface area contributed by atoms with Gasteiger partial charge in [-0.25, -0.2) is 4.79 Å². The van der Waals surface area contributed by atoms with Crippen molar-refractivity contribution in [2.75, 3.05) is 38.1 Å². The summed E-state index contributed by atoms with van der Waals surface area (Å²) in [7, 11) is 2.20. The van der Waals surface area contributed by atoms with Gasteiger partial charge in [-0.15, -0.1) is 0 Å². The fraction of sp³-hybridized carbons (Fsp3) is 0.650. The van der Waals surface area contributed by atoms with Crippen LogP contribution in [-0.2, 0) is 0 Å². The number of carbonyl (C=O) groups is 1. The van der Waals surface area contributed by atoms with Crippen LogP contribution in [0.5, 0.6) is 0 Å². The summed E-state index contributed by atoms with van der Waals surface area (Å²) >= 11 is 0. The lowest BCUT2D eigenvalue weighted by molar-refractivity contribution is 0.00595. The number of nitrogens with zero attached hydrogens (tertiary/aromatic N) is 2. The second kappa shape index (κ2) is 8.09. The van der Waals surface area contributed by atoms with Crippen molar-refractivity contribution in [1.29, 1.82) is 0 Å². The second-order valence-corrected chi connectivity index (χ2v) is 7.92. The number of rotatable bonds is 6. The summed E-state index contributed by atoms with van der Waals surface area (Å²) in [6.45, 7) is 8.17. The van der Waals surface area contributed by atoms with Crippen LogP contribution in [0.1, 0.15) is 26.7 Å². The van der Waals surface area contributed by atoms with Crippen molar-refractivity contribution in [3.8, 4) is 0 Å². The van der Waals surface area contributed by atoms with Gasteiger partial charge < -0.3 is 15.5 Å².